The molecule has 1 aliphatic heterocycles. The van der Waals surface area contributed by atoms with Gasteiger partial charge in [0, 0.05) is 51.3 Å². The summed E-state index contributed by atoms with van der Waals surface area (Å²) in [6.45, 7) is 7.79. The lowest BCUT2D eigenvalue weighted by molar-refractivity contribution is -0.138. The molecule has 0 saturated carbocycles. The molecule has 0 atom stereocenters. The monoisotopic (exact) mass is 713 g/mol. The normalized spacial score (nSPS) is 19.7. The van der Waals surface area contributed by atoms with Crippen LogP contribution in [0.2, 0.25) is 0 Å². The molecule has 0 amide bonds. The van der Waals surface area contributed by atoms with Crippen LogP contribution in [-0.4, -0.2) is 45.2 Å². The lowest BCUT2D eigenvalue weighted by Crippen LogP contribution is -2.45. The van der Waals surface area contributed by atoms with Gasteiger partial charge in [0.25, 0.3) is 0 Å². The van der Waals surface area contributed by atoms with Crippen LogP contribution < -0.4 is 4.74 Å². The summed E-state index contributed by atoms with van der Waals surface area (Å²) in [5.41, 5.74) is 2.98. The first-order valence-electron chi connectivity index (χ1n) is 14.0. The van der Waals surface area contributed by atoms with E-state index in [1.807, 2.05) is 39.8 Å². The van der Waals surface area contributed by atoms with E-state index < -0.39 is 17.9 Å². The van der Waals surface area contributed by atoms with Crippen molar-refractivity contribution >= 4 is 55.4 Å². The first-order chi connectivity index (χ1) is 20.1. The van der Waals surface area contributed by atoms with Crippen LogP contribution in [0, 0.1) is 10.8 Å². The molecule has 2 N–H and O–H groups in total. The predicted molar refractivity (Wildman–Crippen MR) is 167 cm³/mol. The maximum atomic E-state index is 14.0. The molecule has 2 aromatic carbocycles. The molecule has 0 unspecified atom stereocenters. The zero-order valence-electron chi connectivity index (χ0n) is 24.4. The van der Waals surface area contributed by atoms with Gasteiger partial charge in [-0.3, -0.25) is 14.4 Å². The summed E-state index contributed by atoms with van der Waals surface area (Å²) in [4.78, 5) is 53.2. The van der Waals surface area contributed by atoms with E-state index in [-0.39, 0.29) is 54.0 Å². The minimum atomic E-state index is -1.04. The summed E-state index contributed by atoms with van der Waals surface area (Å²) in [7, 11) is 0. The van der Waals surface area contributed by atoms with Crippen molar-refractivity contribution in [3.05, 3.63) is 84.6 Å². The smallest absolute Gasteiger partial charge is 0.335 e. The van der Waals surface area contributed by atoms with E-state index >= 15 is 0 Å². The number of carboxylic acids is 2. The number of aromatic carboxylic acids is 1. The van der Waals surface area contributed by atoms with Gasteiger partial charge in [-0.05, 0) is 69.4 Å². The van der Waals surface area contributed by atoms with E-state index in [0.717, 1.165) is 10.0 Å². The van der Waals surface area contributed by atoms with Crippen molar-refractivity contribution in [1.29, 1.82) is 0 Å². The molecular weight excluding hydrogens is 682 g/mol. The topological polar surface area (TPSA) is 121 Å². The Labute approximate surface area is 267 Å². The molecule has 1 heterocycles. The van der Waals surface area contributed by atoms with Crippen LogP contribution in [0.4, 0.5) is 0 Å². The van der Waals surface area contributed by atoms with Gasteiger partial charge >= 0.3 is 11.9 Å². The molecule has 8 nitrogen and oxygen atoms in total. The summed E-state index contributed by atoms with van der Waals surface area (Å²) in [5.74, 6) is -2.55. The van der Waals surface area contributed by atoms with Gasteiger partial charge < -0.3 is 19.8 Å². The second-order valence-electron chi connectivity index (χ2n) is 13.1. The van der Waals surface area contributed by atoms with Gasteiger partial charge in [-0.2, -0.15) is 0 Å². The van der Waals surface area contributed by atoms with Crippen LogP contribution in [0.1, 0.15) is 80.8 Å². The van der Waals surface area contributed by atoms with E-state index in [2.05, 4.69) is 31.9 Å². The minimum Gasteiger partial charge on any atom is -0.487 e. The number of nitrogens with zero attached hydrogens (tertiary/aromatic N) is 1. The highest BCUT2D eigenvalue weighted by atomic mass is 79.9. The first kappa shape index (κ1) is 31.2. The van der Waals surface area contributed by atoms with Crippen molar-refractivity contribution in [2.45, 2.75) is 65.9 Å². The molecule has 0 aromatic heterocycles. The number of halogens is 2. The van der Waals surface area contributed by atoms with E-state index in [0.29, 0.717) is 51.2 Å². The number of ketones is 2. The number of ether oxygens (including phenoxy) is 1. The molecule has 0 bridgehead atoms. The lowest BCUT2D eigenvalue weighted by atomic mass is 9.63. The van der Waals surface area contributed by atoms with E-state index in [9.17, 15) is 29.4 Å². The minimum absolute atomic E-state index is 0.109. The number of allylic oxidation sites excluding steroid dienone is 4. The fraction of sp³-hybridized carbons (Fsp3) is 0.394. The molecule has 5 rings (SSSR count). The molecule has 2 aromatic rings. The van der Waals surface area contributed by atoms with E-state index in [1.165, 1.54) is 12.1 Å². The predicted octanol–water partition coefficient (Wildman–Crippen LogP) is 7.26. The Hall–Kier alpha value is -3.24. The Morgan fingerprint density at radius 3 is 1.91 bits per heavy atom. The largest absolute Gasteiger partial charge is 0.487 e. The van der Waals surface area contributed by atoms with Gasteiger partial charge in [0.05, 0.1) is 10.0 Å². The van der Waals surface area contributed by atoms with Crippen LogP contribution in [-0.2, 0) is 21.0 Å². The lowest BCUT2D eigenvalue weighted by Gasteiger charge is -2.48. The third kappa shape index (κ3) is 6.22. The van der Waals surface area contributed by atoms with Gasteiger partial charge in [-0.1, -0.05) is 55.8 Å². The molecule has 10 heteroatoms. The van der Waals surface area contributed by atoms with Crippen LogP contribution in [0.5, 0.6) is 5.75 Å². The van der Waals surface area contributed by atoms with Gasteiger partial charge in [-0.25, -0.2) is 4.79 Å². The molecule has 2 aliphatic carbocycles. The van der Waals surface area contributed by atoms with Crippen LogP contribution in [0.15, 0.2) is 67.9 Å². The SMILES string of the molecule is CC1(C)CC(=O)C2=C(C1)N(CC(=O)O)C1=C(C(=O)CC(C)(C)C1)C2c1cc(Br)cc(Br)c1OCc1ccc(C(=O)O)cc1. The zero-order valence-corrected chi connectivity index (χ0v) is 27.6. The van der Waals surface area contributed by atoms with Crippen molar-refractivity contribution in [3.8, 4) is 5.75 Å². The number of hydrogen-bond donors (Lipinski definition) is 2. The summed E-state index contributed by atoms with van der Waals surface area (Å²) >= 11 is 7.22. The Bertz CT molecular complexity index is 1560. The van der Waals surface area contributed by atoms with Crippen LogP contribution in [0.3, 0.4) is 0 Å². The fourth-order valence-electron chi connectivity index (χ4n) is 6.53. The van der Waals surface area contributed by atoms with Gasteiger partial charge in [0.15, 0.2) is 11.6 Å². The number of aliphatic carboxylic acids is 1. The average Bonchev–Trinajstić information content (AvgIpc) is 2.87. The van der Waals surface area contributed by atoms with Crippen molar-refractivity contribution in [1.82, 2.24) is 4.90 Å². The zero-order chi connectivity index (χ0) is 31.4. The maximum Gasteiger partial charge on any atom is 0.335 e. The molecule has 226 valence electrons. The van der Waals surface area contributed by atoms with Crippen LogP contribution >= 0.6 is 31.9 Å². The first-order valence-corrected chi connectivity index (χ1v) is 15.6. The summed E-state index contributed by atoms with van der Waals surface area (Å²) in [6, 6.07) is 10.1. The quantitative estimate of drug-likeness (QED) is 0.308. The number of carbonyl (C=O) groups is 4. The summed E-state index contributed by atoms with van der Waals surface area (Å²) in [6.07, 6.45) is 1.52. The Kier molecular flexibility index (Phi) is 8.24. The van der Waals surface area contributed by atoms with Crippen molar-refractivity contribution in [2.75, 3.05) is 6.54 Å². The summed E-state index contributed by atoms with van der Waals surface area (Å²) < 4.78 is 7.71. The highest BCUT2D eigenvalue weighted by Crippen LogP contribution is 2.56. The number of hydrogen-bond acceptors (Lipinski definition) is 6. The number of rotatable bonds is 7. The summed E-state index contributed by atoms with van der Waals surface area (Å²) in [5, 5.41) is 19.2. The average molecular weight is 715 g/mol. The highest BCUT2D eigenvalue weighted by molar-refractivity contribution is 9.11. The highest BCUT2D eigenvalue weighted by Gasteiger charge is 2.50. The molecule has 43 heavy (non-hydrogen) atoms. The van der Waals surface area contributed by atoms with Gasteiger partial charge in [-0.15, -0.1) is 0 Å². The number of benzene rings is 2. The number of carbonyl (C=O) groups excluding carboxylic acids is 2. The fourth-order valence-corrected chi connectivity index (χ4v) is 7.90. The molecule has 0 radical (unpaired) electrons. The third-order valence-corrected chi connectivity index (χ3v) is 9.29. The molecule has 0 fully saturated rings. The van der Waals surface area contributed by atoms with E-state index in [1.54, 1.807) is 17.0 Å². The van der Waals surface area contributed by atoms with Crippen LogP contribution in [0.25, 0.3) is 0 Å². The van der Waals surface area contributed by atoms with E-state index in [4.69, 9.17) is 4.74 Å². The standard InChI is InChI=1S/C33H33Br2NO7/c1-32(2)11-22-28(24(37)13-32)27(29-23(36(22)15-26(39)40)12-33(3,4)14-25(29)38)20-9-19(34)10-21(35)30(20)43-16-17-5-7-18(8-6-17)31(41)42/h5-10,27H,11-16H2,1-4H3,(H,39,40)(H,41,42). The van der Waals surface area contributed by atoms with Gasteiger partial charge in [0.1, 0.15) is 18.9 Å². The second-order valence-corrected chi connectivity index (χ2v) is 14.9. The third-order valence-electron chi connectivity index (χ3n) is 8.25. The van der Waals surface area contributed by atoms with Crippen molar-refractivity contribution in [3.63, 3.8) is 0 Å². The Morgan fingerprint density at radius 1 is 0.884 bits per heavy atom. The van der Waals surface area contributed by atoms with Crippen molar-refractivity contribution in [2.24, 2.45) is 10.8 Å². The number of carboxylic acid groups (broad SMARTS) is 2. The van der Waals surface area contributed by atoms with Crippen molar-refractivity contribution < 1.29 is 34.1 Å². The maximum absolute atomic E-state index is 14.0. The van der Waals surface area contributed by atoms with Gasteiger partial charge in [0.2, 0.25) is 0 Å². The molecule has 0 spiro atoms. The number of Topliss-reactive ketones (excluding diaryl/α,β-unsaturated/α-hetero) is 2. The molecular formula is C33H33Br2NO7. The second kappa shape index (κ2) is 11.4. The molecule has 3 aliphatic rings. The molecule has 0 saturated heterocycles. The Balaban J connectivity index is 1.71. The Morgan fingerprint density at radius 2 is 1.42 bits per heavy atom.